The molecule has 0 bridgehead atoms. The maximum absolute atomic E-state index is 11.9. The van der Waals surface area contributed by atoms with E-state index in [1.807, 2.05) is 0 Å². The van der Waals surface area contributed by atoms with Gasteiger partial charge in [0.05, 0.1) is 18.2 Å². The van der Waals surface area contributed by atoms with E-state index in [2.05, 4.69) is 17.5 Å². The van der Waals surface area contributed by atoms with Crippen LogP contribution in [-0.2, 0) is 19.6 Å². The number of nitrogens with two attached hydrogens (primary N) is 1. The van der Waals surface area contributed by atoms with Gasteiger partial charge in [-0.25, -0.2) is 8.42 Å². The summed E-state index contributed by atoms with van der Waals surface area (Å²) in [6, 6.07) is -0.854. The average Bonchev–Trinajstić information content (AvgIpc) is 2.26. The molecule has 0 aromatic heterocycles. The van der Waals surface area contributed by atoms with Gasteiger partial charge in [-0.2, -0.15) is 4.31 Å². The van der Waals surface area contributed by atoms with Gasteiger partial charge in [0, 0.05) is 13.6 Å². The summed E-state index contributed by atoms with van der Waals surface area (Å²) in [7, 11) is -2.22. The van der Waals surface area contributed by atoms with E-state index in [-0.39, 0.29) is 24.7 Å². The summed E-state index contributed by atoms with van der Waals surface area (Å²) < 4.78 is 30.1. The molecule has 1 saturated heterocycles. The van der Waals surface area contributed by atoms with Crippen LogP contribution in [0.2, 0.25) is 0 Å². The van der Waals surface area contributed by atoms with Crippen LogP contribution in [0.1, 0.15) is 0 Å². The summed E-state index contributed by atoms with van der Waals surface area (Å²) in [5.74, 6) is -0.841. The number of thiocarbonyl (C=S) groups is 1. The third-order valence-corrected chi connectivity index (χ3v) is 4.46. The Morgan fingerprint density at radius 1 is 1.65 bits per heavy atom. The van der Waals surface area contributed by atoms with Crippen molar-refractivity contribution >= 4 is 33.1 Å². The molecule has 1 unspecified atom stereocenters. The zero-order chi connectivity index (χ0) is 13.1. The van der Waals surface area contributed by atoms with E-state index < -0.39 is 27.7 Å². The van der Waals surface area contributed by atoms with Gasteiger partial charge in [0.25, 0.3) is 0 Å². The number of amides is 1. The highest BCUT2D eigenvalue weighted by atomic mass is 32.2. The highest BCUT2D eigenvalue weighted by molar-refractivity contribution is 7.92. The number of sulfonamides is 1. The molecule has 1 fully saturated rings. The topological polar surface area (TPSA) is 102 Å². The Balaban J connectivity index is 2.91. The van der Waals surface area contributed by atoms with Crippen molar-refractivity contribution in [2.75, 3.05) is 32.6 Å². The molecule has 3 N–H and O–H groups in total. The molecule has 0 aromatic rings. The lowest BCUT2D eigenvalue weighted by molar-refractivity contribution is -0.128. The van der Waals surface area contributed by atoms with Crippen LogP contribution >= 0.6 is 12.2 Å². The molecule has 1 rings (SSSR count). The number of morpholine rings is 1. The summed E-state index contributed by atoms with van der Waals surface area (Å²) >= 11 is 4.59. The normalized spacial score (nSPS) is 22.1. The second-order valence-electron chi connectivity index (χ2n) is 3.54. The number of carbonyl (C=O) groups excluding carboxylic acids is 1. The van der Waals surface area contributed by atoms with E-state index in [0.717, 1.165) is 4.31 Å². The Hall–Kier alpha value is -0.770. The molecule has 98 valence electrons. The van der Waals surface area contributed by atoms with Crippen molar-refractivity contribution in [3.8, 4) is 0 Å². The van der Waals surface area contributed by atoms with Crippen molar-refractivity contribution in [2.24, 2.45) is 5.73 Å². The van der Waals surface area contributed by atoms with Crippen LogP contribution in [0.3, 0.4) is 0 Å². The lowest BCUT2D eigenvalue weighted by Gasteiger charge is -2.33. The summed E-state index contributed by atoms with van der Waals surface area (Å²) in [6.07, 6.45) is 0. The maximum atomic E-state index is 11.9. The fourth-order valence-electron chi connectivity index (χ4n) is 1.56. The number of hydrogen-bond acceptors (Lipinski definition) is 5. The Bertz CT molecular complexity index is 409. The molecule has 9 heteroatoms. The van der Waals surface area contributed by atoms with Gasteiger partial charge in [-0.15, -0.1) is 0 Å². The SMILES string of the molecule is CNC(=O)C1COCCN1S(=O)(=O)CC(N)=S. The molecule has 17 heavy (non-hydrogen) atoms. The van der Waals surface area contributed by atoms with Crippen LogP contribution in [0.5, 0.6) is 0 Å². The van der Waals surface area contributed by atoms with Gasteiger partial charge in [0.15, 0.2) is 0 Å². The van der Waals surface area contributed by atoms with Gasteiger partial charge in [0.1, 0.15) is 11.8 Å². The Morgan fingerprint density at radius 2 is 2.29 bits per heavy atom. The van der Waals surface area contributed by atoms with Crippen molar-refractivity contribution in [1.82, 2.24) is 9.62 Å². The van der Waals surface area contributed by atoms with Crippen LogP contribution in [-0.4, -0.2) is 62.2 Å². The van der Waals surface area contributed by atoms with Gasteiger partial charge in [-0.1, -0.05) is 12.2 Å². The second kappa shape index (κ2) is 5.71. The first kappa shape index (κ1) is 14.3. The van der Waals surface area contributed by atoms with Gasteiger partial charge in [-0.05, 0) is 0 Å². The zero-order valence-corrected chi connectivity index (χ0v) is 11.0. The van der Waals surface area contributed by atoms with E-state index in [1.165, 1.54) is 7.05 Å². The number of ether oxygens (including phenoxy) is 1. The summed E-state index contributed by atoms with van der Waals surface area (Å²) in [6.45, 7) is 0.420. The molecule has 0 radical (unpaired) electrons. The first-order chi connectivity index (χ1) is 7.88. The number of rotatable bonds is 4. The fraction of sp³-hybridized carbons (Fsp3) is 0.750. The van der Waals surface area contributed by atoms with Gasteiger partial charge < -0.3 is 15.8 Å². The standard InChI is InChI=1S/C8H15N3O4S2/c1-10-8(12)6-4-15-3-2-11(6)17(13,14)5-7(9)16/h6H,2-5H2,1H3,(H2,9,16)(H,10,12). The number of hydrogen-bond donors (Lipinski definition) is 2. The van der Waals surface area contributed by atoms with Crippen molar-refractivity contribution in [3.63, 3.8) is 0 Å². The first-order valence-corrected chi connectivity index (χ1v) is 6.97. The molecule has 0 aliphatic carbocycles. The third-order valence-electron chi connectivity index (χ3n) is 2.31. The molecular weight excluding hydrogens is 266 g/mol. The number of carbonyl (C=O) groups is 1. The van der Waals surface area contributed by atoms with Crippen LogP contribution < -0.4 is 11.1 Å². The lowest BCUT2D eigenvalue weighted by Crippen LogP contribution is -2.56. The molecule has 1 aliphatic rings. The zero-order valence-electron chi connectivity index (χ0n) is 9.38. The minimum atomic E-state index is -3.66. The number of nitrogens with zero attached hydrogens (tertiary/aromatic N) is 1. The Morgan fingerprint density at radius 3 is 2.82 bits per heavy atom. The monoisotopic (exact) mass is 281 g/mol. The maximum Gasteiger partial charge on any atom is 0.240 e. The Kier molecular flexibility index (Phi) is 4.80. The third kappa shape index (κ3) is 3.60. The second-order valence-corrected chi connectivity index (χ2v) is 5.98. The van der Waals surface area contributed by atoms with Gasteiger partial charge in [-0.3, -0.25) is 4.79 Å². The van der Waals surface area contributed by atoms with Crippen LogP contribution in [0.25, 0.3) is 0 Å². The van der Waals surface area contributed by atoms with Gasteiger partial charge >= 0.3 is 0 Å². The van der Waals surface area contributed by atoms with Crippen molar-refractivity contribution in [3.05, 3.63) is 0 Å². The van der Waals surface area contributed by atoms with Crippen molar-refractivity contribution in [2.45, 2.75) is 6.04 Å². The minimum Gasteiger partial charge on any atom is -0.392 e. The van der Waals surface area contributed by atoms with E-state index >= 15 is 0 Å². The van der Waals surface area contributed by atoms with Crippen molar-refractivity contribution < 1.29 is 17.9 Å². The number of likely N-dealkylation sites (N-methyl/N-ethyl adjacent to an activating group) is 1. The molecule has 1 atom stereocenters. The first-order valence-electron chi connectivity index (χ1n) is 4.95. The predicted octanol–water partition coefficient (Wildman–Crippen LogP) is -1.95. The smallest absolute Gasteiger partial charge is 0.240 e. The van der Waals surface area contributed by atoms with Crippen LogP contribution in [0, 0.1) is 0 Å². The minimum absolute atomic E-state index is 0.0379. The van der Waals surface area contributed by atoms with E-state index in [0.29, 0.717) is 0 Å². The highest BCUT2D eigenvalue weighted by Crippen LogP contribution is 2.13. The summed E-state index contributed by atoms with van der Waals surface area (Å²) in [5, 5.41) is 2.40. The van der Waals surface area contributed by atoms with E-state index in [4.69, 9.17) is 10.5 Å². The fourth-order valence-corrected chi connectivity index (χ4v) is 3.43. The molecule has 0 aromatic carbocycles. The van der Waals surface area contributed by atoms with Crippen LogP contribution in [0.4, 0.5) is 0 Å². The number of nitrogens with one attached hydrogen (secondary N) is 1. The highest BCUT2D eigenvalue weighted by Gasteiger charge is 2.37. The molecule has 7 nitrogen and oxygen atoms in total. The van der Waals surface area contributed by atoms with E-state index in [1.54, 1.807) is 0 Å². The predicted molar refractivity (Wildman–Crippen MR) is 66.0 cm³/mol. The molecular formula is C8H15N3O4S2. The molecule has 0 saturated carbocycles. The molecule has 1 amide bonds. The molecule has 1 heterocycles. The van der Waals surface area contributed by atoms with Crippen molar-refractivity contribution in [1.29, 1.82) is 0 Å². The lowest BCUT2D eigenvalue weighted by atomic mass is 10.2. The Labute approximate surface area is 105 Å². The average molecular weight is 281 g/mol. The van der Waals surface area contributed by atoms with E-state index in [9.17, 15) is 13.2 Å². The molecule has 0 spiro atoms. The largest absolute Gasteiger partial charge is 0.392 e. The van der Waals surface area contributed by atoms with Crippen LogP contribution in [0.15, 0.2) is 0 Å². The quantitative estimate of drug-likeness (QED) is 0.581. The molecule has 1 aliphatic heterocycles. The summed E-state index contributed by atoms with van der Waals surface area (Å²) in [4.78, 5) is 11.4. The van der Waals surface area contributed by atoms with Gasteiger partial charge in [0.2, 0.25) is 15.9 Å². The summed E-state index contributed by atoms with van der Waals surface area (Å²) in [5.41, 5.74) is 5.23.